The molecular weight excluding hydrogens is 500 g/mol. The molecule has 4 unspecified atom stereocenters. The molecule has 9 heteroatoms. The average molecular weight is 541 g/mol. The van der Waals surface area contributed by atoms with Crippen LogP contribution in [0.2, 0.25) is 0 Å². The third-order valence-corrected chi connectivity index (χ3v) is 7.34. The summed E-state index contributed by atoms with van der Waals surface area (Å²) in [5.74, 6) is -0.847. The van der Waals surface area contributed by atoms with Crippen molar-refractivity contribution in [1.82, 2.24) is 4.90 Å². The first-order chi connectivity index (χ1) is 18.9. The summed E-state index contributed by atoms with van der Waals surface area (Å²) in [6, 6.07) is 15.3. The topological polar surface area (TPSA) is 129 Å². The van der Waals surface area contributed by atoms with Gasteiger partial charge >= 0.3 is 5.97 Å². The normalized spacial score (nSPS) is 23.5. The maximum Gasteiger partial charge on any atom is 0.303 e. The van der Waals surface area contributed by atoms with Crippen molar-refractivity contribution in [3.8, 4) is 0 Å². The van der Waals surface area contributed by atoms with Gasteiger partial charge in [0.2, 0.25) is 5.91 Å². The highest BCUT2D eigenvalue weighted by Crippen LogP contribution is 2.38. The number of aliphatic hydroxyl groups excluding tert-OH is 2. The second-order valence-corrected chi connectivity index (χ2v) is 10.5. The van der Waals surface area contributed by atoms with Crippen molar-refractivity contribution in [3.63, 3.8) is 0 Å². The van der Waals surface area contributed by atoms with Crippen molar-refractivity contribution in [2.24, 2.45) is 0 Å². The third-order valence-electron chi connectivity index (χ3n) is 7.34. The second kappa shape index (κ2) is 14.5. The maximum atomic E-state index is 12.3. The lowest BCUT2D eigenvalue weighted by molar-refractivity contribution is -0.252. The number of ether oxygens (including phenoxy) is 2. The van der Waals surface area contributed by atoms with E-state index in [1.165, 1.54) is 0 Å². The summed E-state index contributed by atoms with van der Waals surface area (Å²) in [6.07, 6.45) is 3.91. The van der Waals surface area contributed by atoms with Crippen LogP contribution in [0, 0.1) is 0 Å². The summed E-state index contributed by atoms with van der Waals surface area (Å²) in [5.41, 5.74) is 3.43. The Labute approximate surface area is 229 Å². The van der Waals surface area contributed by atoms with Crippen LogP contribution in [-0.2, 0) is 25.7 Å². The summed E-state index contributed by atoms with van der Waals surface area (Å²) in [5, 5.41) is 31.0. The van der Waals surface area contributed by atoms with E-state index in [4.69, 9.17) is 14.6 Å². The number of hydrogen-bond acceptors (Lipinski definition) is 7. The number of β-amino-alcohol motifs (C(OH)–C–C–N with tert-alkyl or cyclic N) is 1. The van der Waals surface area contributed by atoms with Crippen molar-refractivity contribution >= 4 is 17.6 Å². The zero-order chi connectivity index (χ0) is 27.6. The van der Waals surface area contributed by atoms with E-state index in [0.29, 0.717) is 38.0 Å². The van der Waals surface area contributed by atoms with Gasteiger partial charge in [0.1, 0.15) is 0 Å². The van der Waals surface area contributed by atoms with E-state index in [0.717, 1.165) is 48.9 Å². The number of benzene rings is 2. The van der Waals surface area contributed by atoms with E-state index < -0.39 is 12.3 Å². The SMILES string of the molecule is O=C(O)CCCCCCC(=O)Nc1ccc(C2OC(CN3CCC(O)C3)CC(c3ccc(CO)cc3)O2)cc1. The molecule has 0 aliphatic carbocycles. The molecule has 4 rings (SSSR count). The van der Waals surface area contributed by atoms with Gasteiger partial charge in [0.15, 0.2) is 6.29 Å². The standard InChI is InChI=1S/C30H40N2O7/c33-20-21-7-9-22(10-8-21)27-17-26(19-32-16-15-25(34)18-32)38-30(39-27)23-11-13-24(14-12-23)31-28(35)5-3-1-2-4-6-29(36)37/h7-14,25-27,30,33-34H,1-6,15-20H2,(H,31,35)(H,36,37). The quantitative estimate of drug-likeness (QED) is 0.279. The highest BCUT2D eigenvalue weighted by molar-refractivity contribution is 5.90. The van der Waals surface area contributed by atoms with E-state index in [2.05, 4.69) is 10.2 Å². The Kier molecular flexibility index (Phi) is 10.9. The molecule has 1 amide bonds. The smallest absolute Gasteiger partial charge is 0.303 e. The number of aliphatic carboxylic acids is 1. The molecule has 2 fully saturated rings. The molecule has 2 heterocycles. The molecule has 0 spiro atoms. The van der Waals surface area contributed by atoms with Gasteiger partial charge in [-0.25, -0.2) is 0 Å². The van der Waals surface area contributed by atoms with E-state index >= 15 is 0 Å². The fourth-order valence-electron chi connectivity index (χ4n) is 5.16. The number of nitrogens with zero attached hydrogens (tertiary/aromatic N) is 1. The Bertz CT molecular complexity index is 1060. The summed E-state index contributed by atoms with van der Waals surface area (Å²) >= 11 is 0. The molecule has 0 bridgehead atoms. The lowest BCUT2D eigenvalue weighted by Gasteiger charge is -2.37. The van der Waals surface area contributed by atoms with Crippen molar-refractivity contribution in [1.29, 1.82) is 0 Å². The van der Waals surface area contributed by atoms with E-state index in [9.17, 15) is 19.8 Å². The molecule has 9 nitrogen and oxygen atoms in total. The number of nitrogens with one attached hydrogen (secondary N) is 1. The number of hydrogen-bond donors (Lipinski definition) is 4. The number of carboxylic acid groups (broad SMARTS) is 1. The minimum absolute atomic E-state index is 0.00681. The third kappa shape index (κ3) is 9.12. The molecule has 0 aromatic heterocycles. The fourth-order valence-corrected chi connectivity index (χ4v) is 5.16. The molecule has 2 aromatic carbocycles. The fraction of sp³-hybridized carbons (Fsp3) is 0.533. The highest BCUT2D eigenvalue weighted by Gasteiger charge is 2.34. The Morgan fingerprint density at radius 1 is 0.923 bits per heavy atom. The maximum absolute atomic E-state index is 12.3. The molecule has 0 saturated carbocycles. The second-order valence-electron chi connectivity index (χ2n) is 10.5. The van der Waals surface area contributed by atoms with Gasteiger partial charge in [-0.15, -0.1) is 0 Å². The van der Waals surface area contributed by atoms with Gasteiger partial charge in [0, 0.05) is 50.1 Å². The average Bonchev–Trinajstić information content (AvgIpc) is 3.35. The van der Waals surface area contributed by atoms with Crippen LogP contribution in [0.25, 0.3) is 0 Å². The number of unbranched alkanes of at least 4 members (excludes halogenated alkanes) is 3. The molecule has 2 aromatic rings. The number of rotatable bonds is 13. The summed E-state index contributed by atoms with van der Waals surface area (Å²) in [7, 11) is 0. The minimum Gasteiger partial charge on any atom is -0.481 e. The van der Waals surface area contributed by atoms with Crippen molar-refractivity contribution in [3.05, 3.63) is 65.2 Å². The van der Waals surface area contributed by atoms with Crippen molar-refractivity contribution in [2.75, 3.05) is 25.0 Å². The van der Waals surface area contributed by atoms with Crippen LogP contribution >= 0.6 is 0 Å². The van der Waals surface area contributed by atoms with Gasteiger partial charge in [-0.1, -0.05) is 49.2 Å². The van der Waals surface area contributed by atoms with Gasteiger partial charge in [-0.05, 0) is 42.5 Å². The zero-order valence-corrected chi connectivity index (χ0v) is 22.3. The van der Waals surface area contributed by atoms with Crippen molar-refractivity contribution < 1.29 is 34.4 Å². The van der Waals surface area contributed by atoms with Gasteiger partial charge < -0.3 is 30.1 Å². The summed E-state index contributed by atoms with van der Waals surface area (Å²) in [6.45, 7) is 2.21. The molecule has 4 N–H and O–H groups in total. The molecule has 0 radical (unpaired) electrons. The van der Waals surface area contributed by atoms with Crippen LogP contribution in [0.5, 0.6) is 0 Å². The first-order valence-corrected chi connectivity index (χ1v) is 13.9. The number of anilines is 1. The summed E-state index contributed by atoms with van der Waals surface area (Å²) < 4.78 is 12.8. The Morgan fingerprint density at radius 2 is 1.62 bits per heavy atom. The minimum atomic E-state index is -0.783. The van der Waals surface area contributed by atoms with E-state index in [1.807, 2.05) is 48.5 Å². The number of carbonyl (C=O) groups is 2. The Hall–Kier alpha value is -2.82. The van der Waals surface area contributed by atoms with Crippen LogP contribution < -0.4 is 5.32 Å². The number of likely N-dealkylation sites (tertiary alicyclic amines) is 1. The van der Waals surface area contributed by atoms with Crippen LogP contribution in [0.3, 0.4) is 0 Å². The molecular formula is C30H40N2O7. The molecule has 39 heavy (non-hydrogen) atoms. The van der Waals surface area contributed by atoms with Gasteiger partial charge in [-0.2, -0.15) is 0 Å². The monoisotopic (exact) mass is 540 g/mol. The first kappa shape index (κ1) is 29.2. The van der Waals surface area contributed by atoms with Gasteiger partial charge in [0.25, 0.3) is 0 Å². The van der Waals surface area contributed by atoms with Gasteiger partial charge in [-0.3, -0.25) is 14.5 Å². The molecule has 2 aliphatic heterocycles. The van der Waals surface area contributed by atoms with Gasteiger partial charge in [0.05, 0.1) is 24.9 Å². The summed E-state index contributed by atoms with van der Waals surface area (Å²) in [4.78, 5) is 25.1. The van der Waals surface area contributed by atoms with E-state index in [-0.39, 0.29) is 37.2 Å². The lowest BCUT2D eigenvalue weighted by Crippen LogP contribution is -2.38. The predicted molar refractivity (Wildman–Crippen MR) is 146 cm³/mol. The van der Waals surface area contributed by atoms with Crippen LogP contribution in [-0.4, -0.2) is 63.9 Å². The highest BCUT2D eigenvalue weighted by atomic mass is 16.7. The lowest BCUT2D eigenvalue weighted by atomic mass is 9.99. The molecule has 212 valence electrons. The first-order valence-electron chi connectivity index (χ1n) is 13.9. The Morgan fingerprint density at radius 3 is 2.26 bits per heavy atom. The van der Waals surface area contributed by atoms with Crippen LogP contribution in [0.1, 0.15) is 80.5 Å². The number of carbonyl (C=O) groups excluding carboxylic acids is 1. The zero-order valence-electron chi connectivity index (χ0n) is 22.3. The van der Waals surface area contributed by atoms with E-state index in [1.54, 1.807) is 0 Å². The predicted octanol–water partition coefficient (Wildman–Crippen LogP) is 4.15. The number of aliphatic hydroxyl groups is 2. The molecule has 4 atom stereocenters. The largest absolute Gasteiger partial charge is 0.481 e. The number of carboxylic acids is 1. The number of amides is 1. The Balaban J connectivity index is 1.34. The van der Waals surface area contributed by atoms with Crippen LogP contribution in [0.15, 0.2) is 48.5 Å². The molecule has 2 aliphatic rings. The van der Waals surface area contributed by atoms with Crippen LogP contribution in [0.4, 0.5) is 5.69 Å². The molecule has 2 saturated heterocycles. The van der Waals surface area contributed by atoms with Crippen molar-refractivity contribution in [2.45, 2.75) is 82.6 Å².